The van der Waals surface area contributed by atoms with Gasteiger partial charge in [0.05, 0.1) is 0 Å². The Kier molecular flexibility index (Phi) is 19.4. The first-order valence-electron chi connectivity index (χ1n) is 4.98. The molecular formula is C7H6B3ClF12K-3. The van der Waals surface area contributed by atoms with Crippen molar-refractivity contribution in [2.75, 3.05) is 0 Å². The predicted molar refractivity (Wildman–Crippen MR) is 66.5 cm³/mol. The average Bonchev–Trinajstić information content (AvgIpc) is 2.14. The van der Waals surface area contributed by atoms with E-state index in [9.17, 15) is 51.8 Å². The van der Waals surface area contributed by atoms with E-state index < -0.39 is 21.8 Å². The first-order chi connectivity index (χ1) is 9.79. The molecule has 0 aliphatic carbocycles. The third kappa shape index (κ3) is 95.0. The molecule has 0 radical (unpaired) electrons. The molecule has 1 rings (SSSR count). The fourth-order valence-corrected chi connectivity index (χ4v) is 0.610. The maximum atomic E-state index is 9.75. The van der Waals surface area contributed by atoms with Gasteiger partial charge in [-0.3, -0.25) is 0 Å². The molecule has 0 nitrogen and oxygen atoms in total. The Morgan fingerprint density at radius 2 is 0.750 bits per heavy atom. The van der Waals surface area contributed by atoms with Crippen LogP contribution >= 0.6 is 11.6 Å². The van der Waals surface area contributed by atoms with Gasteiger partial charge in [0, 0.05) is 5.02 Å². The molecule has 0 unspecified atom stereocenters. The fourth-order valence-electron chi connectivity index (χ4n) is 0.484. The third-order valence-electron chi connectivity index (χ3n) is 0.913. The van der Waals surface area contributed by atoms with Gasteiger partial charge in [-0.2, -0.15) is 24.6 Å². The summed E-state index contributed by atoms with van der Waals surface area (Å²) in [6.45, 7) is 3.70. The van der Waals surface area contributed by atoms with Crippen molar-refractivity contribution in [3.63, 3.8) is 0 Å². The van der Waals surface area contributed by atoms with Gasteiger partial charge in [-0.25, -0.2) is 0 Å². The number of benzene rings is 1. The Bertz CT molecular complexity index is 336. The van der Waals surface area contributed by atoms with Gasteiger partial charge < -0.3 is 51.8 Å². The van der Waals surface area contributed by atoms with Crippen LogP contribution in [0.1, 0.15) is 5.56 Å². The molecule has 1 aromatic rings. The number of halogens is 13. The summed E-state index contributed by atoms with van der Waals surface area (Å²) in [5, 5.41) is 0.761. The van der Waals surface area contributed by atoms with Crippen LogP contribution in [0.2, 0.25) is 5.02 Å². The Morgan fingerprint density at radius 1 is 0.583 bits per heavy atom. The van der Waals surface area contributed by atoms with Crippen LogP contribution in [0.25, 0.3) is 0 Å². The molecule has 24 heavy (non-hydrogen) atoms. The van der Waals surface area contributed by atoms with Crippen molar-refractivity contribution in [3.05, 3.63) is 41.8 Å². The van der Waals surface area contributed by atoms with E-state index in [1.807, 2.05) is 24.3 Å². The van der Waals surface area contributed by atoms with E-state index >= 15 is 0 Å². The molecule has 0 fully saturated rings. The summed E-state index contributed by atoms with van der Waals surface area (Å²) >= 11 is 5.58. The molecule has 0 saturated heterocycles. The van der Waals surface area contributed by atoms with Gasteiger partial charge in [0.15, 0.2) is 0 Å². The second-order valence-corrected chi connectivity index (χ2v) is 3.55. The van der Waals surface area contributed by atoms with Crippen molar-refractivity contribution in [2.24, 2.45) is 0 Å². The standard InChI is InChI=1S/C7H6Cl.3BF4.K/c1-6-2-4-7(8)5-3-6;3*2-1(3,4)5;/h2-5H,1H2;;;;/q4*-1;+1. The van der Waals surface area contributed by atoms with Crippen LogP contribution in [0.4, 0.5) is 51.8 Å². The smallest absolute Gasteiger partial charge is 0.418 e. The molecule has 0 aliphatic heterocycles. The molecule has 0 atom stereocenters. The second-order valence-electron chi connectivity index (χ2n) is 3.11. The summed E-state index contributed by atoms with van der Waals surface area (Å²) in [6, 6.07) is 7.40. The van der Waals surface area contributed by atoms with Crippen LogP contribution in [-0.4, -0.2) is 21.8 Å². The molecule has 1 aromatic carbocycles. The maximum absolute atomic E-state index is 9.75. The van der Waals surface area contributed by atoms with Crippen LogP contribution in [0, 0.1) is 6.92 Å². The molecule has 0 spiro atoms. The topological polar surface area (TPSA) is 0 Å². The van der Waals surface area contributed by atoms with Crippen molar-refractivity contribution in [1.82, 2.24) is 0 Å². The van der Waals surface area contributed by atoms with E-state index in [4.69, 9.17) is 11.6 Å². The second kappa shape index (κ2) is 14.5. The molecule has 0 saturated carbocycles. The van der Waals surface area contributed by atoms with E-state index in [2.05, 4.69) is 6.92 Å². The summed E-state index contributed by atoms with van der Waals surface area (Å²) in [6.07, 6.45) is 0. The molecule has 0 heterocycles. The number of hydrogen-bond donors (Lipinski definition) is 0. The number of rotatable bonds is 0. The SMILES string of the molecule is F[B-](F)(F)F.F[B-](F)(F)F.F[B-](F)(F)F.[CH2-]c1ccc(Cl)cc1.[K+]. The average molecular weight is 425 g/mol. The van der Waals surface area contributed by atoms with Gasteiger partial charge in [-0.05, 0) is 0 Å². The first kappa shape index (κ1) is 32.1. The van der Waals surface area contributed by atoms with Gasteiger partial charge >= 0.3 is 73.1 Å². The molecule has 0 aromatic heterocycles. The first-order valence-corrected chi connectivity index (χ1v) is 5.36. The van der Waals surface area contributed by atoms with Gasteiger partial charge in [-0.15, -0.1) is 0 Å². The van der Waals surface area contributed by atoms with Gasteiger partial charge in [-0.1, -0.05) is 23.7 Å². The van der Waals surface area contributed by atoms with E-state index in [-0.39, 0.29) is 51.4 Å². The zero-order valence-electron chi connectivity index (χ0n) is 11.7. The van der Waals surface area contributed by atoms with Gasteiger partial charge in [0.2, 0.25) is 0 Å². The quantitative estimate of drug-likeness (QED) is 0.340. The van der Waals surface area contributed by atoms with Crippen molar-refractivity contribution < 1.29 is 103 Å². The van der Waals surface area contributed by atoms with Crippen LogP contribution in [0.15, 0.2) is 24.3 Å². The minimum Gasteiger partial charge on any atom is -0.418 e. The minimum atomic E-state index is -6.00. The zero-order chi connectivity index (χ0) is 19.5. The summed E-state index contributed by atoms with van der Waals surface area (Å²) in [5.74, 6) is 0. The molecular weight excluding hydrogens is 419 g/mol. The molecule has 138 valence electrons. The van der Waals surface area contributed by atoms with E-state index in [1.165, 1.54) is 0 Å². The number of hydrogen-bond acceptors (Lipinski definition) is 0. The van der Waals surface area contributed by atoms with Crippen LogP contribution in [0.3, 0.4) is 0 Å². The predicted octanol–water partition coefficient (Wildman–Crippen LogP) is 3.43. The minimum absolute atomic E-state index is 0. The van der Waals surface area contributed by atoms with Crippen molar-refractivity contribution in [2.45, 2.75) is 0 Å². The fraction of sp³-hybridized carbons (Fsp3) is 0. The Balaban J connectivity index is -0.000000113. The van der Waals surface area contributed by atoms with Crippen LogP contribution < -0.4 is 51.4 Å². The Morgan fingerprint density at radius 3 is 0.875 bits per heavy atom. The van der Waals surface area contributed by atoms with Crippen molar-refractivity contribution in [1.29, 1.82) is 0 Å². The Labute approximate surface area is 177 Å². The molecule has 0 amide bonds. The monoisotopic (exact) mass is 425 g/mol. The molecule has 0 aliphatic rings. The summed E-state index contributed by atoms with van der Waals surface area (Å²) in [7, 11) is -18.0. The summed E-state index contributed by atoms with van der Waals surface area (Å²) < 4.78 is 117. The largest absolute Gasteiger partial charge is 1.00 e. The maximum Gasteiger partial charge on any atom is 1.00 e. The van der Waals surface area contributed by atoms with E-state index in [0.29, 0.717) is 0 Å². The van der Waals surface area contributed by atoms with E-state index in [1.54, 1.807) is 0 Å². The summed E-state index contributed by atoms with van der Waals surface area (Å²) in [5.41, 5.74) is 0.995. The van der Waals surface area contributed by atoms with Gasteiger partial charge in [0.1, 0.15) is 0 Å². The molecule has 17 heteroatoms. The van der Waals surface area contributed by atoms with Crippen molar-refractivity contribution in [3.8, 4) is 0 Å². The van der Waals surface area contributed by atoms with E-state index in [0.717, 1.165) is 10.6 Å². The van der Waals surface area contributed by atoms with Crippen LogP contribution in [0.5, 0.6) is 0 Å². The van der Waals surface area contributed by atoms with Gasteiger partial charge in [0.25, 0.3) is 0 Å². The Hall–Kier alpha value is 0.371. The zero-order valence-corrected chi connectivity index (χ0v) is 15.5. The molecule has 0 N–H and O–H groups in total. The van der Waals surface area contributed by atoms with Crippen molar-refractivity contribution >= 4 is 33.4 Å². The molecule has 0 bridgehead atoms. The third-order valence-corrected chi connectivity index (χ3v) is 1.17. The normalized spacial score (nSPS) is 10.5. The van der Waals surface area contributed by atoms with Crippen LogP contribution in [-0.2, 0) is 0 Å². The summed E-state index contributed by atoms with van der Waals surface area (Å²) in [4.78, 5) is 0.